The fourth-order valence-corrected chi connectivity index (χ4v) is 3.31. The first-order valence-corrected chi connectivity index (χ1v) is 7.18. The highest BCUT2D eigenvalue weighted by Gasteiger charge is 2.43. The molecular weight excluding hydrogens is 266 g/mol. The van der Waals surface area contributed by atoms with Crippen molar-refractivity contribution in [2.75, 3.05) is 0 Å². The maximum atomic E-state index is 11.8. The molecule has 1 amide bonds. The third kappa shape index (κ3) is 1.70. The number of fused-ring (bicyclic) bond motifs is 3. The second kappa shape index (κ2) is 3.87. The van der Waals surface area contributed by atoms with Crippen molar-refractivity contribution in [3.63, 3.8) is 0 Å². The van der Waals surface area contributed by atoms with Crippen molar-refractivity contribution < 1.29 is 9.53 Å². The molecule has 1 aliphatic heterocycles. The number of rotatable bonds is 2. The summed E-state index contributed by atoms with van der Waals surface area (Å²) in [6, 6.07) is 1.90. The average Bonchev–Trinajstić information content (AvgIpc) is 3.17. The number of carbonyl (C=O) groups is 1. The molecule has 0 bridgehead atoms. The number of pyridine rings is 1. The molecule has 3 heterocycles. The molecular formula is C16H17N3O2. The van der Waals surface area contributed by atoms with E-state index in [2.05, 4.69) is 9.97 Å². The van der Waals surface area contributed by atoms with Crippen molar-refractivity contribution in [2.24, 2.45) is 5.73 Å². The largest absolute Gasteiger partial charge is 0.481 e. The Bertz CT molecular complexity index is 757. The topological polar surface area (TPSA) is 81.0 Å². The second-order valence-electron chi connectivity index (χ2n) is 6.29. The molecule has 5 nitrogen and oxygen atoms in total. The number of nitrogens with zero attached hydrogens (tertiary/aromatic N) is 1. The summed E-state index contributed by atoms with van der Waals surface area (Å²) in [4.78, 5) is 19.2. The lowest BCUT2D eigenvalue weighted by Crippen LogP contribution is -2.30. The molecule has 1 fully saturated rings. The van der Waals surface area contributed by atoms with E-state index >= 15 is 0 Å². The number of H-pyrrole nitrogens is 1. The van der Waals surface area contributed by atoms with Gasteiger partial charge in [0.1, 0.15) is 17.0 Å². The van der Waals surface area contributed by atoms with Crippen LogP contribution in [0.2, 0.25) is 0 Å². The smallest absolute Gasteiger partial charge is 0.265 e. The molecule has 2 aliphatic rings. The highest BCUT2D eigenvalue weighted by atomic mass is 16.5. The van der Waals surface area contributed by atoms with Gasteiger partial charge in [-0.2, -0.15) is 0 Å². The van der Waals surface area contributed by atoms with Crippen LogP contribution in [0.4, 0.5) is 0 Å². The lowest BCUT2D eigenvalue weighted by Gasteiger charge is -2.33. The zero-order chi connectivity index (χ0) is 14.8. The van der Waals surface area contributed by atoms with Gasteiger partial charge in [0.2, 0.25) is 0 Å². The third-order valence-electron chi connectivity index (χ3n) is 4.29. The van der Waals surface area contributed by atoms with Gasteiger partial charge in [0.15, 0.2) is 0 Å². The molecule has 3 N–H and O–H groups in total. The van der Waals surface area contributed by atoms with E-state index in [1.54, 1.807) is 12.4 Å². The Morgan fingerprint density at radius 3 is 2.90 bits per heavy atom. The fourth-order valence-electron chi connectivity index (χ4n) is 3.31. The molecule has 0 atom stereocenters. The zero-order valence-electron chi connectivity index (χ0n) is 12.1. The quantitative estimate of drug-likeness (QED) is 0.889. The van der Waals surface area contributed by atoms with Gasteiger partial charge >= 0.3 is 0 Å². The van der Waals surface area contributed by atoms with E-state index in [0.29, 0.717) is 11.6 Å². The van der Waals surface area contributed by atoms with Crippen LogP contribution in [0.1, 0.15) is 54.2 Å². The number of ether oxygens (including phenoxy) is 1. The summed E-state index contributed by atoms with van der Waals surface area (Å²) in [6.07, 6.45) is 5.64. The summed E-state index contributed by atoms with van der Waals surface area (Å²) >= 11 is 0. The number of hydrogen-bond acceptors (Lipinski definition) is 3. The predicted octanol–water partition coefficient (Wildman–Crippen LogP) is 2.68. The first-order valence-electron chi connectivity index (χ1n) is 7.18. The Morgan fingerprint density at radius 1 is 1.48 bits per heavy atom. The lowest BCUT2D eigenvalue weighted by atomic mass is 9.87. The molecule has 0 radical (unpaired) electrons. The summed E-state index contributed by atoms with van der Waals surface area (Å²) < 4.78 is 6.12. The van der Waals surface area contributed by atoms with Crippen molar-refractivity contribution in [2.45, 2.75) is 38.2 Å². The molecule has 5 heteroatoms. The number of nitrogens with one attached hydrogen (secondary N) is 1. The van der Waals surface area contributed by atoms with E-state index in [4.69, 9.17) is 10.5 Å². The minimum absolute atomic E-state index is 0.405. The highest BCUT2D eigenvalue weighted by molar-refractivity contribution is 5.96. The van der Waals surface area contributed by atoms with Crippen LogP contribution >= 0.6 is 0 Å². The van der Waals surface area contributed by atoms with E-state index in [0.717, 1.165) is 41.0 Å². The van der Waals surface area contributed by atoms with Gasteiger partial charge in [-0.1, -0.05) is 0 Å². The van der Waals surface area contributed by atoms with Crippen LogP contribution < -0.4 is 10.5 Å². The van der Waals surface area contributed by atoms with Crippen molar-refractivity contribution in [3.8, 4) is 17.0 Å². The first kappa shape index (κ1) is 12.4. The number of amides is 1. The van der Waals surface area contributed by atoms with Gasteiger partial charge in [0, 0.05) is 17.3 Å². The Kier molecular flexibility index (Phi) is 2.29. The summed E-state index contributed by atoms with van der Waals surface area (Å²) in [6.45, 7) is 4.04. The van der Waals surface area contributed by atoms with Gasteiger partial charge in [-0.05, 0) is 44.2 Å². The van der Waals surface area contributed by atoms with Crippen LogP contribution in [0.5, 0.6) is 5.75 Å². The van der Waals surface area contributed by atoms with Gasteiger partial charge in [-0.25, -0.2) is 0 Å². The summed E-state index contributed by atoms with van der Waals surface area (Å²) in [7, 11) is 0. The minimum atomic E-state index is -0.506. The molecule has 4 rings (SSSR count). The first-order chi connectivity index (χ1) is 9.99. The normalized spacial score (nSPS) is 18.6. The van der Waals surface area contributed by atoms with Crippen molar-refractivity contribution in [3.05, 3.63) is 35.3 Å². The fraction of sp³-hybridized carbons (Fsp3) is 0.375. The second-order valence-corrected chi connectivity index (χ2v) is 6.29. The minimum Gasteiger partial charge on any atom is -0.481 e. The molecule has 0 aromatic carbocycles. The number of aromatic amines is 1. The Morgan fingerprint density at radius 2 is 2.24 bits per heavy atom. The lowest BCUT2D eigenvalue weighted by molar-refractivity contribution is 0.0993. The van der Waals surface area contributed by atoms with Crippen LogP contribution in [0, 0.1) is 0 Å². The monoisotopic (exact) mass is 283 g/mol. The van der Waals surface area contributed by atoms with Gasteiger partial charge in [-0.15, -0.1) is 0 Å². The number of primary amides is 1. The van der Waals surface area contributed by atoms with Crippen LogP contribution in [0.15, 0.2) is 18.5 Å². The standard InChI is InChI=1S/C16H17N3O2/c1-16(2)12-11(8-3-4-8)14(15(17)20)19-13(12)9-5-6-18-7-10(9)21-16/h5-8,19H,3-4H2,1-2H3,(H2,17,20). The van der Waals surface area contributed by atoms with Crippen LogP contribution in [0.3, 0.4) is 0 Å². The molecule has 0 unspecified atom stereocenters. The van der Waals surface area contributed by atoms with E-state index < -0.39 is 11.5 Å². The Balaban J connectivity index is 2.06. The molecule has 21 heavy (non-hydrogen) atoms. The van der Waals surface area contributed by atoms with Gasteiger partial charge in [0.05, 0.1) is 11.9 Å². The van der Waals surface area contributed by atoms with Crippen LogP contribution in [-0.2, 0) is 5.60 Å². The van der Waals surface area contributed by atoms with Gasteiger partial charge < -0.3 is 15.5 Å². The maximum absolute atomic E-state index is 11.8. The number of nitrogens with two attached hydrogens (primary N) is 1. The van der Waals surface area contributed by atoms with E-state index in [1.165, 1.54) is 0 Å². The predicted molar refractivity (Wildman–Crippen MR) is 78.2 cm³/mol. The number of carbonyl (C=O) groups excluding carboxylic acids is 1. The molecule has 0 saturated heterocycles. The van der Waals surface area contributed by atoms with E-state index in [-0.39, 0.29) is 0 Å². The SMILES string of the molecule is CC1(C)Oc2cnccc2-c2[nH]c(C(N)=O)c(C3CC3)c21. The Labute approximate surface area is 122 Å². The van der Waals surface area contributed by atoms with Crippen LogP contribution in [0.25, 0.3) is 11.3 Å². The summed E-state index contributed by atoms with van der Waals surface area (Å²) in [5, 5.41) is 0. The summed E-state index contributed by atoms with van der Waals surface area (Å²) in [5.74, 6) is 0.742. The summed E-state index contributed by atoms with van der Waals surface area (Å²) in [5.41, 5.74) is 9.60. The molecule has 0 spiro atoms. The van der Waals surface area contributed by atoms with E-state index in [9.17, 15) is 4.79 Å². The highest BCUT2D eigenvalue weighted by Crippen LogP contribution is 2.53. The maximum Gasteiger partial charge on any atom is 0.265 e. The molecule has 108 valence electrons. The number of aromatic nitrogens is 2. The van der Waals surface area contributed by atoms with Crippen LogP contribution in [-0.4, -0.2) is 15.9 Å². The zero-order valence-corrected chi connectivity index (χ0v) is 12.1. The third-order valence-corrected chi connectivity index (χ3v) is 4.29. The van der Waals surface area contributed by atoms with Gasteiger partial charge in [0.25, 0.3) is 5.91 Å². The molecule has 1 saturated carbocycles. The van der Waals surface area contributed by atoms with E-state index in [1.807, 2.05) is 19.9 Å². The Hall–Kier alpha value is -2.30. The number of hydrogen-bond donors (Lipinski definition) is 2. The van der Waals surface area contributed by atoms with Crippen molar-refractivity contribution >= 4 is 5.91 Å². The van der Waals surface area contributed by atoms with Crippen molar-refractivity contribution in [1.82, 2.24) is 9.97 Å². The molecule has 2 aromatic rings. The van der Waals surface area contributed by atoms with Gasteiger partial charge in [-0.3, -0.25) is 9.78 Å². The molecule has 2 aromatic heterocycles. The van der Waals surface area contributed by atoms with Crippen molar-refractivity contribution in [1.29, 1.82) is 0 Å². The molecule has 1 aliphatic carbocycles. The average molecular weight is 283 g/mol.